The number of nitrogens with zero attached hydrogens (tertiary/aromatic N) is 6. The van der Waals surface area contributed by atoms with Crippen molar-refractivity contribution in [2.75, 3.05) is 18.9 Å². The molecule has 4 aromatic heterocycles. The smallest absolute Gasteiger partial charge is 0.387 e. The molecule has 60 heavy (non-hydrogen) atoms. The molecule has 2 aliphatic heterocycles. The van der Waals surface area contributed by atoms with E-state index in [-0.39, 0.29) is 34.1 Å². The van der Waals surface area contributed by atoms with Crippen molar-refractivity contribution in [2.45, 2.75) is 76.0 Å². The lowest BCUT2D eigenvalue weighted by molar-refractivity contribution is -0.746. The van der Waals surface area contributed by atoms with Crippen molar-refractivity contribution in [3.63, 3.8) is 0 Å². The molecule has 34 heteroatoms. The maximum absolute atomic E-state index is 12.9. The summed E-state index contributed by atoms with van der Waals surface area (Å²) in [4.78, 5) is 79.1. The van der Waals surface area contributed by atoms with Crippen LogP contribution in [0.15, 0.2) is 22.2 Å². The van der Waals surface area contributed by atoms with Crippen LogP contribution in [-0.2, 0) is 68.5 Å². The number of aryl methyl sites for hydroxylation is 3. The summed E-state index contributed by atoms with van der Waals surface area (Å²) in [5.74, 6) is -0.139. The Morgan fingerprint density at radius 1 is 0.767 bits per heavy atom. The lowest BCUT2D eigenvalue weighted by Gasteiger charge is -2.24. The molecule has 0 bridgehead atoms. The third-order valence-corrected chi connectivity index (χ3v) is 14.1. The number of ether oxygens (including phenoxy) is 2. The number of phosphoric acid groups is 4. The van der Waals surface area contributed by atoms with E-state index in [1.807, 2.05) is 0 Å². The van der Waals surface area contributed by atoms with E-state index in [1.54, 1.807) is 0 Å². The highest BCUT2D eigenvalue weighted by atomic mass is 31.3. The minimum Gasteiger partial charge on any atom is -0.387 e. The van der Waals surface area contributed by atoms with Gasteiger partial charge in [-0.25, -0.2) is 27.4 Å². The molecule has 6 heterocycles. The van der Waals surface area contributed by atoms with Crippen LogP contribution in [0.4, 0.5) is 5.95 Å². The summed E-state index contributed by atoms with van der Waals surface area (Å²) in [6.07, 6.45) is -12.3. The van der Waals surface area contributed by atoms with Gasteiger partial charge in [-0.15, -0.1) is 0 Å². The molecule has 2 saturated heterocycles. The molecule has 12 atom stereocenters. The first-order valence-corrected chi connectivity index (χ1v) is 23.1. The second kappa shape index (κ2) is 16.8. The number of aromatic amines is 2. The molecule has 7 unspecified atom stereocenters. The Labute approximate surface area is 335 Å². The zero-order valence-corrected chi connectivity index (χ0v) is 35.2. The van der Waals surface area contributed by atoms with Gasteiger partial charge in [0.05, 0.1) is 33.4 Å². The van der Waals surface area contributed by atoms with Gasteiger partial charge in [-0.2, -0.15) is 8.62 Å². The Kier molecular flexibility index (Phi) is 13.0. The number of anilines is 1. The van der Waals surface area contributed by atoms with Crippen LogP contribution in [0.5, 0.6) is 0 Å². The Balaban J connectivity index is 1.12. The molecule has 334 valence electrons. The van der Waals surface area contributed by atoms with E-state index in [2.05, 4.69) is 33.1 Å². The van der Waals surface area contributed by atoms with Crippen LogP contribution >= 0.6 is 31.3 Å². The van der Waals surface area contributed by atoms with Gasteiger partial charge < -0.3 is 50.1 Å². The van der Waals surface area contributed by atoms with E-state index in [0.717, 1.165) is 9.13 Å². The van der Waals surface area contributed by atoms with Gasteiger partial charge in [0.15, 0.2) is 18.5 Å². The Hall–Kier alpha value is -3.18. The number of nitrogens with two attached hydrogens (primary N) is 1. The topological polar surface area (TPSA) is 419 Å². The molecule has 2 aliphatic rings. The Morgan fingerprint density at radius 2 is 1.25 bits per heavy atom. The Bertz CT molecular complexity index is 2600. The van der Waals surface area contributed by atoms with E-state index in [1.165, 1.54) is 56.7 Å². The molecule has 0 spiro atoms. The zero-order chi connectivity index (χ0) is 44.4. The molecule has 0 aliphatic carbocycles. The van der Waals surface area contributed by atoms with E-state index >= 15 is 0 Å². The number of rotatable bonds is 16. The fourth-order valence-electron chi connectivity index (χ4n) is 6.42. The Morgan fingerprint density at radius 3 is 1.80 bits per heavy atom. The lowest BCUT2D eigenvalue weighted by atomic mass is 10.1. The minimum absolute atomic E-state index is 0.00408. The number of nitrogens with one attached hydrogen (secondary N) is 2. The average molecular weight is 940 g/mol. The molecule has 4 aromatic rings. The number of hydrogen-bond acceptors (Lipinski definition) is 20. The van der Waals surface area contributed by atoms with Crippen molar-refractivity contribution in [2.24, 2.45) is 14.1 Å². The molecule has 0 saturated carbocycles. The molecular formula is C26H41N9O21P4+2. The van der Waals surface area contributed by atoms with Crippen LogP contribution < -0.4 is 26.0 Å². The molecule has 0 amide bonds. The monoisotopic (exact) mass is 939 g/mol. The van der Waals surface area contributed by atoms with Crippen LogP contribution in [0.1, 0.15) is 32.1 Å². The van der Waals surface area contributed by atoms with Crippen molar-refractivity contribution >= 4 is 59.6 Å². The second-order valence-corrected chi connectivity index (χ2v) is 19.7. The quantitative estimate of drug-likeness (QED) is 0.0399. The number of aliphatic hydroxyl groups excluding tert-OH is 3. The van der Waals surface area contributed by atoms with Crippen molar-refractivity contribution in [3.05, 3.63) is 39.2 Å². The first-order valence-electron chi connectivity index (χ1n) is 17.2. The minimum atomic E-state index is -6.11. The fourth-order valence-corrected chi connectivity index (χ4v) is 11.1. The van der Waals surface area contributed by atoms with Crippen LogP contribution in [0.3, 0.4) is 0 Å². The van der Waals surface area contributed by atoms with Gasteiger partial charge in [0.1, 0.15) is 36.6 Å². The van der Waals surface area contributed by atoms with Crippen LogP contribution in [0.2, 0.25) is 0 Å². The normalized spacial score (nSPS) is 28.9. The van der Waals surface area contributed by atoms with Gasteiger partial charge in [-0.05, 0) is 13.8 Å². The predicted octanol–water partition coefficient (Wildman–Crippen LogP) is -2.84. The lowest BCUT2D eigenvalue weighted by Crippen LogP contribution is -2.46. The predicted molar refractivity (Wildman–Crippen MR) is 193 cm³/mol. The van der Waals surface area contributed by atoms with Gasteiger partial charge in [0.25, 0.3) is 17.1 Å². The van der Waals surface area contributed by atoms with Gasteiger partial charge in [0.2, 0.25) is 23.5 Å². The zero-order valence-electron chi connectivity index (χ0n) is 31.7. The van der Waals surface area contributed by atoms with Gasteiger partial charge in [-0.3, -0.25) is 46.8 Å². The second-order valence-electron chi connectivity index (χ2n) is 13.7. The van der Waals surface area contributed by atoms with Crippen molar-refractivity contribution < 1.29 is 98.5 Å². The summed E-state index contributed by atoms with van der Waals surface area (Å²) >= 11 is 0. The first kappa shape index (κ1) is 46.3. The summed E-state index contributed by atoms with van der Waals surface area (Å²) in [7, 11) is -19.8. The van der Waals surface area contributed by atoms with Crippen LogP contribution in [-0.4, -0.2) is 120 Å². The van der Waals surface area contributed by atoms with Gasteiger partial charge in [-0.1, -0.05) is 9.97 Å². The van der Waals surface area contributed by atoms with Gasteiger partial charge in [0, 0.05) is 6.92 Å². The maximum Gasteiger partial charge on any atom is 0.490 e. The molecule has 0 aromatic carbocycles. The third-order valence-electron chi connectivity index (χ3n) is 8.69. The number of phosphoric ester groups is 3. The van der Waals surface area contributed by atoms with Crippen molar-refractivity contribution in [1.29, 1.82) is 0 Å². The van der Waals surface area contributed by atoms with E-state index in [9.17, 15) is 62.7 Å². The highest BCUT2D eigenvalue weighted by Gasteiger charge is 2.53. The highest BCUT2D eigenvalue weighted by molar-refractivity contribution is 7.66. The highest BCUT2D eigenvalue weighted by Crippen LogP contribution is 2.68. The van der Waals surface area contributed by atoms with Crippen molar-refractivity contribution in [3.8, 4) is 0 Å². The summed E-state index contributed by atoms with van der Waals surface area (Å²) in [5, 5.41) is 32.6. The van der Waals surface area contributed by atoms with E-state index in [0.29, 0.717) is 0 Å². The van der Waals surface area contributed by atoms with Gasteiger partial charge >= 0.3 is 42.6 Å². The van der Waals surface area contributed by atoms with Crippen LogP contribution in [0, 0.1) is 6.92 Å². The molecule has 6 rings (SSSR count). The molecule has 0 radical (unpaired) electrons. The summed E-state index contributed by atoms with van der Waals surface area (Å²) < 4.78 is 95.0. The SMILES string of the molecule is Cc1nc2c(c(=O)[nH]1)n(C)c[n+]2[C@@H]1O[C@H](COP(=O)(O)OP(=O)(O)OP(=O)(O)OC[C@H]2O[C@@H]([n+]3cn(C)c4c(=O)[nH]c(N)nc43)C(O)C2O)C(OP(=O)(O)OC(C)C)[C@@H]1O. The van der Waals surface area contributed by atoms with E-state index < -0.39 is 111 Å². The summed E-state index contributed by atoms with van der Waals surface area (Å²) in [5.41, 5.74) is 4.30. The largest absolute Gasteiger partial charge is 0.490 e. The number of aromatic nitrogens is 8. The fraction of sp³-hybridized carbons (Fsp3) is 0.615. The van der Waals surface area contributed by atoms with E-state index in [4.69, 9.17) is 28.8 Å². The molecule has 30 nitrogen and oxygen atoms in total. The number of H-pyrrole nitrogens is 2. The molecule has 11 N–H and O–H groups in total. The third kappa shape index (κ3) is 9.87. The maximum atomic E-state index is 12.9. The average Bonchev–Trinajstić information content (AvgIpc) is 3.78. The van der Waals surface area contributed by atoms with Crippen molar-refractivity contribution in [1.82, 2.24) is 29.1 Å². The number of imidazole rings is 2. The first-order chi connectivity index (χ1) is 27.7. The number of aliphatic hydroxyl groups is 3. The number of fused-ring (bicyclic) bond motifs is 2. The molecule has 2 fully saturated rings. The summed E-state index contributed by atoms with van der Waals surface area (Å²) in [6.45, 7) is 1.90. The standard InChI is InChI=1S/C26H39N9O21P4/c1-10(2)53-59(45,46)54-19-13(52-25(18(19)38)34-8-32(4)14-20(34)28-11(3)29-22(14)39)7-50-58(43,44)56-60(47,48)55-57(41,42)49-6-12-16(36)17(37)24(51-12)35-9-33(5)15-21(35)30-26(27)31-23(15)40/h8-10,12-13,16-19,24-25,36-38H,6-7H2,1-5H3,(H6-2,27,28,29,30,31,39,40,41,42,43,44,45,46,47,48)/p+2/t12-,13-,16?,17?,18+,19?,24-,25-/m1/s1. The number of hydrogen-bond donors (Lipinski definition) is 10. The number of nitrogen functional groups attached to an aromatic ring is 1. The summed E-state index contributed by atoms with van der Waals surface area (Å²) in [6, 6.07) is 0. The molecular weight excluding hydrogens is 898 g/mol. The van der Waals surface area contributed by atoms with Crippen LogP contribution in [0.25, 0.3) is 22.3 Å².